The van der Waals surface area contributed by atoms with Gasteiger partial charge in [-0.1, -0.05) is 19.1 Å². The van der Waals surface area contributed by atoms with Gasteiger partial charge in [-0.25, -0.2) is 0 Å². The molecule has 0 fully saturated rings. The Morgan fingerprint density at radius 1 is 1.32 bits per heavy atom. The van der Waals surface area contributed by atoms with E-state index in [0.717, 1.165) is 6.42 Å². The Labute approximate surface area is 110 Å². The maximum atomic E-state index is 10.7. The quantitative estimate of drug-likeness (QED) is 0.673. The summed E-state index contributed by atoms with van der Waals surface area (Å²) in [6.45, 7) is 2.05. The Balaban J connectivity index is 2.24. The van der Waals surface area contributed by atoms with Crippen LogP contribution in [0.3, 0.4) is 0 Å². The first kappa shape index (κ1) is 12.8. The Bertz CT molecular complexity index is 597. The van der Waals surface area contributed by atoms with Gasteiger partial charge in [0.1, 0.15) is 11.6 Å². The van der Waals surface area contributed by atoms with Crippen molar-refractivity contribution in [1.29, 1.82) is 0 Å². The van der Waals surface area contributed by atoms with Crippen LogP contribution in [0.2, 0.25) is 0 Å². The normalized spacial score (nSPS) is 10.2. The van der Waals surface area contributed by atoms with E-state index in [2.05, 4.69) is 11.9 Å². The largest absolute Gasteiger partial charge is 0.439 e. The zero-order valence-electron chi connectivity index (χ0n) is 10.4. The van der Waals surface area contributed by atoms with E-state index in [4.69, 9.17) is 10.5 Å². The molecule has 1 heterocycles. The van der Waals surface area contributed by atoms with Gasteiger partial charge in [-0.15, -0.1) is 0 Å². The molecule has 0 atom stereocenters. The predicted octanol–water partition coefficient (Wildman–Crippen LogP) is 2.93. The van der Waals surface area contributed by atoms with Crippen LogP contribution in [0.4, 0.5) is 11.5 Å². The first-order chi connectivity index (χ1) is 9.08. The highest BCUT2D eigenvalue weighted by Crippen LogP contribution is 2.25. The maximum Gasteiger partial charge on any atom is 0.278 e. The van der Waals surface area contributed by atoms with Crippen LogP contribution in [0, 0.1) is 10.1 Å². The van der Waals surface area contributed by atoms with Crippen molar-refractivity contribution in [2.45, 2.75) is 13.3 Å². The molecule has 2 N–H and O–H groups in total. The molecule has 0 bridgehead atoms. The van der Waals surface area contributed by atoms with E-state index in [9.17, 15) is 10.1 Å². The summed E-state index contributed by atoms with van der Waals surface area (Å²) in [6, 6.07) is 9.86. The smallest absolute Gasteiger partial charge is 0.278 e. The van der Waals surface area contributed by atoms with E-state index >= 15 is 0 Å². The third-order valence-corrected chi connectivity index (χ3v) is 2.57. The number of nitrogens with two attached hydrogens (primary N) is 1. The van der Waals surface area contributed by atoms with Crippen LogP contribution in [-0.4, -0.2) is 9.91 Å². The number of nitrogen functional groups attached to an aromatic ring is 1. The van der Waals surface area contributed by atoms with Gasteiger partial charge < -0.3 is 10.5 Å². The topological polar surface area (TPSA) is 91.3 Å². The van der Waals surface area contributed by atoms with Crippen molar-refractivity contribution in [3.05, 3.63) is 52.1 Å². The van der Waals surface area contributed by atoms with Gasteiger partial charge in [0.25, 0.3) is 5.69 Å². The van der Waals surface area contributed by atoms with Crippen LogP contribution in [-0.2, 0) is 6.42 Å². The molecule has 0 saturated heterocycles. The number of rotatable bonds is 4. The number of pyridine rings is 1. The standard InChI is InChI=1S/C13H13N3O3/c1-2-9-3-5-11(6-4-9)19-13-8-10(16(17)18)7-12(14)15-13/h3-8H,2H2,1H3,(H2,14,15). The third kappa shape index (κ3) is 3.19. The Morgan fingerprint density at radius 2 is 2.00 bits per heavy atom. The van der Waals surface area contributed by atoms with Gasteiger partial charge in [-0.3, -0.25) is 10.1 Å². The zero-order valence-corrected chi connectivity index (χ0v) is 10.4. The monoisotopic (exact) mass is 259 g/mol. The first-order valence-corrected chi connectivity index (χ1v) is 5.77. The molecule has 1 aromatic carbocycles. The minimum Gasteiger partial charge on any atom is -0.439 e. The molecule has 0 aliphatic carbocycles. The third-order valence-electron chi connectivity index (χ3n) is 2.57. The molecular formula is C13H13N3O3. The second-order valence-corrected chi connectivity index (χ2v) is 3.95. The number of aromatic nitrogens is 1. The van der Waals surface area contributed by atoms with E-state index in [0.29, 0.717) is 5.75 Å². The van der Waals surface area contributed by atoms with Gasteiger partial charge in [0.05, 0.1) is 17.1 Å². The Hall–Kier alpha value is -2.63. The molecular weight excluding hydrogens is 246 g/mol. The van der Waals surface area contributed by atoms with Crippen LogP contribution in [0.1, 0.15) is 12.5 Å². The van der Waals surface area contributed by atoms with Gasteiger partial charge in [-0.2, -0.15) is 4.98 Å². The fourth-order valence-electron chi connectivity index (χ4n) is 1.58. The molecule has 6 heteroatoms. The molecule has 2 aromatic rings. The van der Waals surface area contributed by atoms with Gasteiger partial charge >= 0.3 is 0 Å². The second kappa shape index (κ2) is 5.34. The summed E-state index contributed by atoms with van der Waals surface area (Å²) >= 11 is 0. The number of benzene rings is 1. The lowest BCUT2D eigenvalue weighted by Gasteiger charge is -2.06. The number of hydrogen-bond donors (Lipinski definition) is 1. The van der Waals surface area contributed by atoms with E-state index in [1.165, 1.54) is 17.7 Å². The molecule has 0 amide bonds. The van der Waals surface area contributed by atoms with Gasteiger partial charge in [0.2, 0.25) is 5.88 Å². The lowest BCUT2D eigenvalue weighted by atomic mass is 10.2. The van der Waals surface area contributed by atoms with Crippen LogP contribution >= 0.6 is 0 Å². The van der Waals surface area contributed by atoms with E-state index in [-0.39, 0.29) is 17.4 Å². The highest BCUT2D eigenvalue weighted by atomic mass is 16.6. The molecule has 0 radical (unpaired) electrons. The number of ether oxygens (including phenoxy) is 1. The van der Waals surface area contributed by atoms with Gasteiger partial charge in [0.15, 0.2) is 0 Å². The van der Waals surface area contributed by atoms with E-state index < -0.39 is 4.92 Å². The average Bonchev–Trinajstić information content (AvgIpc) is 2.39. The van der Waals surface area contributed by atoms with Crippen molar-refractivity contribution in [1.82, 2.24) is 4.98 Å². The van der Waals surface area contributed by atoms with Crippen LogP contribution in [0.15, 0.2) is 36.4 Å². The van der Waals surface area contributed by atoms with E-state index in [1.54, 1.807) is 12.1 Å². The highest BCUT2D eigenvalue weighted by molar-refractivity contribution is 5.46. The summed E-state index contributed by atoms with van der Waals surface area (Å²) in [5.41, 5.74) is 6.53. The van der Waals surface area contributed by atoms with E-state index in [1.807, 2.05) is 12.1 Å². The summed E-state index contributed by atoms with van der Waals surface area (Å²) in [5, 5.41) is 10.7. The number of nitrogens with zero attached hydrogens (tertiary/aromatic N) is 2. The van der Waals surface area contributed by atoms with Crippen LogP contribution in [0.5, 0.6) is 11.6 Å². The molecule has 0 saturated carbocycles. The average molecular weight is 259 g/mol. The summed E-state index contributed by atoms with van der Waals surface area (Å²) < 4.78 is 5.45. The number of aryl methyl sites for hydroxylation is 1. The predicted molar refractivity (Wildman–Crippen MR) is 71.2 cm³/mol. The fourth-order valence-corrected chi connectivity index (χ4v) is 1.58. The Morgan fingerprint density at radius 3 is 2.58 bits per heavy atom. The lowest BCUT2D eigenvalue weighted by molar-refractivity contribution is -0.384. The molecule has 2 rings (SSSR count). The molecule has 1 aromatic heterocycles. The molecule has 0 aliphatic rings. The van der Waals surface area contributed by atoms with Crippen molar-refractivity contribution in [3.8, 4) is 11.6 Å². The SMILES string of the molecule is CCc1ccc(Oc2cc([N+](=O)[O-])cc(N)n2)cc1. The minimum absolute atomic E-state index is 0.0504. The summed E-state index contributed by atoms with van der Waals surface area (Å²) in [5.74, 6) is 0.718. The van der Waals surface area contributed by atoms with Crippen molar-refractivity contribution >= 4 is 11.5 Å². The molecule has 98 valence electrons. The van der Waals surface area contributed by atoms with Crippen molar-refractivity contribution in [2.24, 2.45) is 0 Å². The Kier molecular flexibility index (Phi) is 3.61. The van der Waals surface area contributed by atoms with Crippen LogP contribution < -0.4 is 10.5 Å². The van der Waals surface area contributed by atoms with Gasteiger partial charge in [-0.05, 0) is 24.1 Å². The lowest BCUT2D eigenvalue weighted by Crippen LogP contribution is -1.97. The zero-order chi connectivity index (χ0) is 13.8. The molecule has 0 unspecified atom stereocenters. The molecule has 0 spiro atoms. The molecule has 19 heavy (non-hydrogen) atoms. The highest BCUT2D eigenvalue weighted by Gasteiger charge is 2.11. The van der Waals surface area contributed by atoms with Crippen molar-refractivity contribution in [3.63, 3.8) is 0 Å². The second-order valence-electron chi connectivity index (χ2n) is 3.95. The molecule has 0 aliphatic heterocycles. The first-order valence-electron chi connectivity index (χ1n) is 5.77. The maximum absolute atomic E-state index is 10.7. The number of anilines is 1. The van der Waals surface area contributed by atoms with Gasteiger partial charge in [0, 0.05) is 0 Å². The van der Waals surface area contributed by atoms with Crippen molar-refractivity contribution in [2.75, 3.05) is 5.73 Å². The summed E-state index contributed by atoms with van der Waals surface area (Å²) in [6.07, 6.45) is 0.933. The number of hydrogen-bond acceptors (Lipinski definition) is 5. The molecule has 6 nitrogen and oxygen atoms in total. The summed E-state index contributed by atoms with van der Waals surface area (Å²) in [7, 11) is 0. The minimum atomic E-state index is -0.537. The van der Waals surface area contributed by atoms with Crippen molar-refractivity contribution < 1.29 is 9.66 Å². The number of nitro groups is 1. The van der Waals surface area contributed by atoms with Crippen LogP contribution in [0.25, 0.3) is 0 Å². The summed E-state index contributed by atoms with van der Waals surface area (Å²) in [4.78, 5) is 14.1. The fraction of sp³-hybridized carbons (Fsp3) is 0.154.